The van der Waals surface area contributed by atoms with Crippen molar-refractivity contribution in [2.75, 3.05) is 0 Å². The highest BCUT2D eigenvalue weighted by molar-refractivity contribution is 6.48. The Kier molecular flexibility index (Phi) is 9.27. The van der Waals surface area contributed by atoms with E-state index in [-0.39, 0.29) is 0 Å². The molecule has 4 radical (unpaired) electrons. The van der Waals surface area contributed by atoms with Crippen LogP contribution >= 0.6 is 0 Å². The molecular formula is C40H42Si2. The molecule has 42 heavy (non-hydrogen) atoms. The fourth-order valence-corrected chi connectivity index (χ4v) is 8.52. The van der Waals surface area contributed by atoms with Crippen LogP contribution in [0.1, 0.15) is 66.5 Å². The third-order valence-corrected chi connectivity index (χ3v) is 12.4. The van der Waals surface area contributed by atoms with Gasteiger partial charge in [-0.1, -0.05) is 116 Å². The van der Waals surface area contributed by atoms with E-state index in [2.05, 4.69) is 151 Å². The highest BCUT2D eigenvalue weighted by Crippen LogP contribution is 2.36. The summed E-state index contributed by atoms with van der Waals surface area (Å²) in [4.78, 5) is 0. The van der Waals surface area contributed by atoms with Crippen molar-refractivity contribution >= 4 is 62.1 Å². The van der Waals surface area contributed by atoms with Crippen molar-refractivity contribution in [3.63, 3.8) is 0 Å². The molecule has 0 nitrogen and oxygen atoms in total. The summed E-state index contributed by atoms with van der Waals surface area (Å²) >= 11 is 0. The van der Waals surface area contributed by atoms with Gasteiger partial charge >= 0.3 is 0 Å². The van der Waals surface area contributed by atoms with E-state index in [0.29, 0.717) is 53.8 Å². The van der Waals surface area contributed by atoms with Crippen molar-refractivity contribution in [1.29, 1.82) is 0 Å². The van der Waals surface area contributed by atoms with E-state index in [9.17, 15) is 0 Å². The van der Waals surface area contributed by atoms with Gasteiger partial charge in [-0.05, 0) is 102 Å². The van der Waals surface area contributed by atoms with Gasteiger partial charge in [-0.2, -0.15) is 0 Å². The average molecular weight is 579 g/mol. The molecule has 0 spiro atoms. The molecule has 0 amide bonds. The van der Waals surface area contributed by atoms with Crippen LogP contribution in [0.4, 0.5) is 0 Å². The molecule has 0 saturated heterocycles. The molecule has 0 fully saturated rings. The number of hydrogen-bond acceptors (Lipinski definition) is 0. The normalized spacial score (nSPS) is 12.0. The van der Waals surface area contributed by atoms with Crippen LogP contribution in [0.25, 0.3) is 43.1 Å². The Bertz CT molecular complexity index is 1720. The smallest absolute Gasteiger partial charge is 0.130 e. The molecule has 5 aromatic rings. The number of hydrogen-bond donors (Lipinski definition) is 0. The van der Waals surface area contributed by atoms with Gasteiger partial charge in [0.05, 0.1) is 0 Å². The van der Waals surface area contributed by atoms with E-state index >= 15 is 0 Å². The molecule has 210 valence electrons. The van der Waals surface area contributed by atoms with E-state index in [1.54, 1.807) is 0 Å². The van der Waals surface area contributed by atoms with E-state index in [0.717, 1.165) is 11.1 Å². The van der Waals surface area contributed by atoms with Crippen molar-refractivity contribution in [1.82, 2.24) is 0 Å². The zero-order valence-electron chi connectivity index (χ0n) is 26.4. The fraction of sp³-hybridized carbons (Fsp3) is 0.350. The quantitative estimate of drug-likeness (QED) is 0.107. The summed E-state index contributed by atoms with van der Waals surface area (Å²) in [6.45, 7) is 18.6. The molecule has 0 aliphatic carbocycles. The molecule has 0 unspecified atom stereocenters. The third kappa shape index (κ3) is 6.22. The van der Waals surface area contributed by atoms with Crippen LogP contribution in [-0.2, 0) is 0 Å². The van der Waals surface area contributed by atoms with Crippen molar-refractivity contribution in [3.05, 3.63) is 83.9 Å². The molecule has 0 atom stereocenters. The maximum atomic E-state index is 3.72. The molecule has 0 N–H and O–H groups in total. The lowest BCUT2D eigenvalue weighted by Gasteiger charge is -2.21. The van der Waals surface area contributed by atoms with Gasteiger partial charge in [0, 0.05) is 11.1 Å². The van der Waals surface area contributed by atoms with Gasteiger partial charge < -0.3 is 0 Å². The topological polar surface area (TPSA) is 0 Å². The maximum Gasteiger partial charge on any atom is 0.152 e. The van der Waals surface area contributed by atoms with E-state index in [1.807, 2.05) is 0 Å². The molecule has 0 aliphatic heterocycles. The lowest BCUT2D eigenvalue weighted by molar-refractivity contribution is 0.466. The highest BCUT2D eigenvalue weighted by Gasteiger charge is 2.19. The second-order valence-electron chi connectivity index (χ2n) is 13.1. The Labute approximate surface area is 258 Å². The van der Waals surface area contributed by atoms with Gasteiger partial charge in [0.15, 0.2) is 19.0 Å². The molecule has 0 aromatic heterocycles. The Morgan fingerprint density at radius 2 is 0.786 bits per heavy atom. The summed E-state index contributed by atoms with van der Waals surface area (Å²) < 4.78 is 0. The Morgan fingerprint density at radius 3 is 1.14 bits per heavy atom. The van der Waals surface area contributed by atoms with Crippen molar-refractivity contribution in [2.24, 2.45) is 23.7 Å². The third-order valence-electron chi connectivity index (χ3n) is 8.57. The largest absolute Gasteiger partial charge is 0.152 e. The first-order valence-electron chi connectivity index (χ1n) is 15.5. The summed E-state index contributed by atoms with van der Waals surface area (Å²) in [5.74, 6) is 9.95. The molecule has 5 rings (SSSR count). The minimum absolute atomic E-state index is 0.614. The molecular weight excluding hydrogens is 537 g/mol. The van der Waals surface area contributed by atoms with Crippen LogP contribution in [0.5, 0.6) is 0 Å². The van der Waals surface area contributed by atoms with Gasteiger partial charge in [-0.15, -0.1) is 11.1 Å². The van der Waals surface area contributed by atoms with Crippen LogP contribution in [-0.4, -0.2) is 19.0 Å². The lowest BCUT2D eigenvalue weighted by atomic mass is 9.90. The minimum Gasteiger partial charge on any atom is -0.130 e. The first kappa shape index (κ1) is 30.2. The van der Waals surface area contributed by atoms with E-state index < -0.39 is 0 Å². The van der Waals surface area contributed by atoms with Crippen LogP contribution in [0.15, 0.2) is 72.8 Å². The first-order valence-corrected chi connectivity index (χ1v) is 17.6. The second kappa shape index (κ2) is 12.9. The van der Waals surface area contributed by atoms with Crippen molar-refractivity contribution < 1.29 is 0 Å². The van der Waals surface area contributed by atoms with Crippen LogP contribution in [0.2, 0.25) is 11.1 Å². The van der Waals surface area contributed by atoms with Gasteiger partial charge in [-0.3, -0.25) is 0 Å². The summed E-state index contributed by atoms with van der Waals surface area (Å²) in [7, 11) is 1.24. The van der Waals surface area contributed by atoms with E-state index in [4.69, 9.17) is 0 Å². The molecule has 0 aliphatic rings. The van der Waals surface area contributed by atoms with E-state index in [1.165, 1.54) is 43.1 Å². The molecule has 0 heterocycles. The molecule has 0 saturated carbocycles. The maximum absolute atomic E-state index is 3.72. The summed E-state index contributed by atoms with van der Waals surface area (Å²) in [5, 5.41) is 9.91. The summed E-state index contributed by atoms with van der Waals surface area (Å²) in [6, 6.07) is 26.8. The molecule has 0 bridgehead atoms. The first-order chi connectivity index (χ1) is 20.2. The van der Waals surface area contributed by atoms with Crippen LogP contribution < -0.4 is 0 Å². The summed E-state index contributed by atoms with van der Waals surface area (Å²) in [5.41, 5.74) is 10.9. The Hall–Kier alpha value is -3.31. The monoisotopic (exact) mass is 578 g/mol. The predicted octanol–water partition coefficient (Wildman–Crippen LogP) is 10.5. The average Bonchev–Trinajstić information content (AvgIpc) is 2.95. The van der Waals surface area contributed by atoms with Gasteiger partial charge in [-0.25, -0.2) is 0 Å². The molecule has 5 aromatic carbocycles. The Morgan fingerprint density at radius 1 is 0.429 bits per heavy atom. The van der Waals surface area contributed by atoms with Crippen molar-refractivity contribution in [3.8, 4) is 22.9 Å². The lowest BCUT2D eigenvalue weighted by Crippen LogP contribution is -2.15. The second-order valence-corrected chi connectivity index (χ2v) is 15.5. The van der Waals surface area contributed by atoms with Gasteiger partial charge in [0.25, 0.3) is 0 Å². The highest BCUT2D eigenvalue weighted by atomic mass is 28.2. The SMILES string of the molecule is CC(C)C([Si]C#Cc1c2ccccc2c(C#C[Si]C(C(C)C)C(C)C)c2cc3cc4ccccc4cc3cc12)C(C)C. The predicted molar refractivity (Wildman–Crippen MR) is 189 cm³/mol. The number of fused-ring (bicyclic) bond motifs is 4. The number of rotatable bonds is 6. The standard InChI is InChI=1S/C40H42Si2/c1-25(2)39(26(3)4)41-19-17-35-33-15-11-12-16-34(33)36(18-20-42-40(27(5)6)28(7)8)38-24-32-22-30-14-10-9-13-29(30)21-31(32)23-37(35)38/h9-16,21-28,39-40H,1-8H3. The zero-order chi connectivity index (χ0) is 30.0. The summed E-state index contributed by atoms with van der Waals surface area (Å²) in [6.07, 6.45) is 0. The zero-order valence-corrected chi connectivity index (χ0v) is 28.4. The number of benzene rings is 5. The van der Waals surface area contributed by atoms with Gasteiger partial charge in [0.2, 0.25) is 0 Å². The van der Waals surface area contributed by atoms with Gasteiger partial charge in [0.1, 0.15) is 0 Å². The fourth-order valence-electron chi connectivity index (χ4n) is 6.45. The molecule has 2 heteroatoms. The van der Waals surface area contributed by atoms with Crippen LogP contribution in [0, 0.1) is 46.6 Å². The minimum atomic E-state index is 0.614. The van der Waals surface area contributed by atoms with Crippen LogP contribution in [0.3, 0.4) is 0 Å². The van der Waals surface area contributed by atoms with Crippen molar-refractivity contribution in [2.45, 2.75) is 66.5 Å². The Balaban J connectivity index is 1.78.